The molecule has 0 bridgehead atoms. The maximum absolute atomic E-state index is 12.5. The summed E-state index contributed by atoms with van der Waals surface area (Å²) in [5.41, 5.74) is -0.852. The van der Waals surface area contributed by atoms with Crippen molar-refractivity contribution in [1.82, 2.24) is 0 Å². The van der Waals surface area contributed by atoms with E-state index in [1.54, 1.807) is 0 Å². The van der Waals surface area contributed by atoms with Crippen LogP contribution in [0, 0.1) is 5.41 Å². The lowest BCUT2D eigenvalue weighted by molar-refractivity contribution is -0.151. The number of alkyl halides is 3. The van der Waals surface area contributed by atoms with Gasteiger partial charge in [0.05, 0.1) is 11.0 Å². The lowest BCUT2D eigenvalue weighted by Crippen LogP contribution is -2.35. The van der Waals surface area contributed by atoms with Gasteiger partial charge in [0.15, 0.2) is 0 Å². The van der Waals surface area contributed by atoms with Crippen LogP contribution in [-0.4, -0.2) is 11.1 Å². The molecule has 0 spiro atoms. The highest BCUT2D eigenvalue weighted by Gasteiger charge is 2.39. The Morgan fingerprint density at radius 3 is 2.10 bits per heavy atom. The van der Waals surface area contributed by atoms with Gasteiger partial charge in [-0.05, 0) is 37.0 Å². The van der Waals surface area contributed by atoms with Crippen molar-refractivity contribution in [3.8, 4) is 0 Å². The Bertz CT molecular complexity index is 471. The highest BCUT2D eigenvalue weighted by atomic mass is 19.4. The van der Waals surface area contributed by atoms with Gasteiger partial charge >= 0.3 is 12.1 Å². The van der Waals surface area contributed by atoms with Crippen LogP contribution in [0.25, 0.3) is 0 Å². The number of hydrogen-bond donors (Lipinski definition) is 1. The Balaban J connectivity index is 2.17. The molecule has 1 aliphatic carbocycles. The highest BCUT2D eigenvalue weighted by Crippen LogP contribution is 2.40. The van der Waals surface area contributed by atoms with Crippen LogP contribution in [0.2, 0.25) is 0 Å². The Hall–Kier alpha value is -1.52. The van der Waals surface area contributed by atoms with Crippen LogP contribution in [0.15, 0.2) is 24.3 Å². The van der Waals surface area contributed by atoms with Gasteiger partial charge in [0.1, 0.15) is 0 Å². The molecule has 1 aliphatic rings. The lowest BCUT2D eigenvalue weighted by atomic mass is 9.70. The number of carboxylic acid groups (broad SMARTS) is 1. The fourth-order valence-electron chi connectivity index (χ4n) is 2.90. The summed E-state index contributed by atoms with van der Waals surface area (Å²) in [6.07, 6.45) is -0.0804. The molecule has 1 N–H and O–H groups in total. The van der Waals surface area contributed by atoms with E-state index in [4.69, 9.17) is 0 Å². The monoisotopic (exact) mass is 286 g/mol. The number of carboxylic acids is 1. The van der Waals surface area contributed by atoms with E-state index in [2.05, 4.69) is 0 Å². The van der Waals surface area contributed by atoms with Gasteiger partial charge in [-0.2, -0.15) is 13.2 Å². The summed E-state index contributed by atoms with van der Waals surface area (Å²) < 4.78 is 37.5. The van der Waals surface area contributed by atoms with Crippen LogP contribution < -0.4 is 0 Å². The fraction of sp³-hybridized carbons (Fsp3) is 0.533. The third-order valence-electron chi connectivity index (χ3n) is 4.09. The van der Waals surface area contributed by atoms with Gasteiger partial charge in [0.25, 0.3) is 0 Å². The second kappa shape index (κ2) is 5.46. The molecule has 0 unspecified atom stereocenters. The maximum atomic E-state index is 12.5. The number of hydrogen-bond acceptors (Lipinski definition) is 1. The van der Waals surface area contributed by atoms with Crippen LogP contribution in [0.1, 0.15) is 43.2 Å². The number of carbonyl (C=O) groups is 1. The molecule has 0 heterocycles. The van der Waals surface area contributed by atoms with Gasteiger partial charge in [-0.15, -0.1) is 0 Å². The number of rotatable bonds is 3. The van der Waals surface area contributed by atoms with Gasteiger partial charge in [-0.25, -0.2) is 0 Å². The normalized spacial score (nSPS) is 18.8. The van der Waals surface area contributed by atoms with Crippen LogP contribution in [0.4, 0.5) is 13.2 Å². The second-order valence-electron chi connectivity index (χ2n) is 5.52. The standard InChI is InChI=1S/C15H17F3O2/c16-15(17,18)12-6-4-11(5-7-12)10-14(13(19)20)8-2-1-3-9-14/h4-7H,1-3,8-10H2,(H,19,20). The Labute approximate surface area is 115 Å². The third kappa shape index (κ3) is 3.14. The van der Waals surface area contributed by atoms with Crippen molar-refractivity contribution in [2.75, 3.05) is 0 Å². The van der Waals surface area contributed by atoms with Crippen molar-refractivity contribution in [2.24, 2.45) is 5.41 Å². The minimum atomic E-state index is -4.35. The molecule has 0 amide bonds. The van der Waals surface area contributed by atoms with Crippen molar-refractivity contribution in [3.05, 3.63) is 35.4 Å². The van der Waals surface area contributed by atoms with E-state index >= 15 is 0 Å². The van der Waals surface area contributed by atoms with Gasteiger partial charge < -0.3 is 5.11 Å². The second-order valence-corrected chi connectivity index (χ2v) is 5.52. The van der Waals surface area contributed by atoms with Crippen molar-refractivity contribution in [3.63, 3.8) is 0 Å². The minimum absolute atomic E-state index is 0.306. The first kappa shape index (κ1) is 14.9. The fourth-order valence-corrected chi connectivity index (χ4v) is 2.90. The van der Waals surface area contributed by atoms with Gasteiger partial charge in [-0.1, -0.05) is 31.4 Å². The SMILES string of the molecule is O=C(O)C1(Cc2ccc(C(F)(F)F)cc2)CCCCC1. The Kier molecular flexibility index (Phi) is 4.06. The molecule has 1 aromatic carbocycles. The average Bonchev–Trinajstić information content (AvgIpc) is 2.39. The van der Waals surface area contributed by atoms with Crippen LogP contribution in [0.3, 0.4) is 0 Å². The van der Waals surface area contributed by atoms with E-state index in [-0.39, 0.29) is 0 Å². The quantitative estimate of drug-likeness (QED) is 0.900. The van der Waals surface area contributed by atoms with Gasteiger partial charge in [0.2, 0.25) is 0 Å². The van der Waals surface area contributed by atoms with Crippen LogP contribution in [0.5, 0.6) is 0 Å². The first-order chi connectivity index (χ1) is 9.33. The summed E-state index contributed by atoms with van der Waals surface area (Å²) in [6.45, 7) is 0. The van der Waals surface area contributed by atoms with E-state index in [1.165, 1.54) is 12.1 Å². The molecular weight excluding hydrogens is 269 g/mol. The maximum Gasteiger partial charge on any atom is 0.416 e. The summed E-state index contributed by atoms with van der Waals surface area (Å²) in [4.78, 5) is 11.5. The zero-order valence-corrected chi connectivity index (χ0v) is 11.0. The van der Waals surface area contributed by atoms with E-state index in [9.17, 15) is 23.1 Å². The van der Waals surface area contributed by atoms with Crippen molar-refractivity contribution < 1.29 is 23.1 Å². The average molecular weight is 286 g/mol. The minimum Gasteiger partial charge on any atom is -0.481 e. The number of halogens is 3. The molecule has 0 radical (unpaired) electrons. The Morgan fingerprint density at radius 2 is 1.65 bits per heavy atom. The van der Waals surface area contributed by atoms with E-state index in [0.29, 0.717) is 24.8 Å². The van der Waals surface area contributed by atoms with E-state index in [0.717, 1.165) is 31.4 Å². The lowest BCUT2D eigenvalue weighted by Gasteiger charge is -2.33. The van der Waals surface area contributed by atoms with E-state index < -0.39 is 23.1 Å². The highest BCUT2D eigenvalue weighted by molar-refractivity contribution is 5.75. The number of benzene rings is 1. The molecule has 5 heteroatoms. The summed E-state index contributed by atoms with van der Waals surface area (Å²) >= 11 is 0. The molecule has 1 aromatic rings. The molecule has 20 heavy (non-hydrogen) atoms. The predicted molar refractivity (Wildman–Crippen MR) is 68.3 cm³/mol. The smallest absolute Gasteiger partial charge is 0.416 e. The molecule has 0 atom stereocenters. The molecule has 0 aromatic heterocycles. The largest absolute Gasteiger partial charge is 0.481 e. The molecule has 0 saturated heterocycles. The van der Waals surface area contributed by atoms with Crippen molar-refractivity contribution in [2.45, 2.75) is 44.7 Å². The molecule has 0 aliphatic heterocycles. The summed E-state index contributed by atoms with van der Waals surface area (Å²) in [5, 5.41) is 9.45. The summed E-state index contributed by atoms with van der Waals surface area (Å²) in [6, 6.07) is 4.83. The third-order valence-corrected chi connectivity index (χ3v) is 4.09. The van der Waals surface area contributed by atoms with E-state index in [1.807, 2.05) is 0 Å². The molecule has 110 valence electrons. The molecule has 2 nitrogen and oxygen atoms in total. The molecule has 2 rings (SSSR count). The number of aliphatic carboxylic acids is 1. The van der Waals surface area contributed by atoms with Gasteiger partial charge in [0, 0.05) is 0 Å². The van der Waals surface area contributed by atoms with Gasteiger partial charge in [-0.3, -0.25) is 4.79 Å². The molecule has 1 saturated carbocycles. The Morgan fingerprint density at radius 1 is 1.10 bits per heavy atom. The zero-order chi connectivity index (χ0) is 14.8. The zero-order valence-electron chi connectivity index (χ0n) is 11.0. The topological polar surface area (TPSA) is 37.3 Å². The van der Waals surface area contributed by atoms with Crippen LogP contribution >= 0.6 is 0 Å². The molecular formula is C15H17F3O2. The van der Waals surface area contributed by atoms with Crippen LogP contribution in [-0.2, 0) is 17.4 Å². The summed E-state index contributed by atoms with van der Waals surface area (Å²) in [7, 11) is 0. The van der Waals surface area contributed by atoms with Crippen molar-refractivity contribution >= 4 is 5.97 Å². The van der Waals surface area contributed by atoms with Crippen molar-refractivity contribution in [1.29, 1.82) is 0 Å². The molecule has 1 fully saturated rings. The predicted octanol–water partition coefficient (Wildman–Crippen LogP) is 4.28. The first-order valence-electron chi connectivity index (χ1n) is 6.73. The first-order valence-corrected chi connectivity index (χ1v) is 6.73. The summed E-state index contributed by atoms with van der Waals surface area (Å²) in [5.74, 6) is -0.836.